The van der Waals surface area contributed by atoms with Crippen LogP contribution in [0.25, 0.3) is 11.1 Å². The molecule has 0 radical (unpaired) electrons. The Kier molecular flexibility index (Phi) is 14.1. The molecule has 2 heterocycles. The maximum absolute atomic E-state index is 9.49. The molecule has 1 fully saturated rings. The average Bonchev–Trinajstić information content (AvgIpc) is 3.14. The standard InChI is InChI=1S/C41H49ClN4O5/c1-28-9-4-5-15-46(28)24-34-18-38(42)41(19-40(34)50-26-32-17-31(20-43)21-45-22-32)51-27-33-10-6-11-36(29(33)2)37-12-7-13-39(30(37)3)49-16-8-14-44-23-35(48)25-47/h6-7,10-13,17-19,21-22,28,35,44,47-48H,4-5,8-9,14-16,23-27H2,1-3H3/t28-,35?/m1/s1. The Morgan fingerprint density at radius 1 is 0.961 bits per heavy atom. The summed E-state index contributed by atoms with van der Waals surface area (Å²) in [6, 6.07) is 20.6. The largest absolute Gasteiger partial charge is 0.493 e. The second-order valence-electron chi connectivity index (χ2n) is 13.2. The quantitative estimate of drug-likeness (QED) is 0.0982. The topological polar surface area (TPSA) is 120 Å². The first-order chi connectivity index (χ1) is 24.8. The molecule has 1 saturated heterocycles. The Morgan fingerprint density at radius 2 is 1.75 bits per heavy atom. The van der Waals surface area contributed by atoms with E-state index >= 15 is 0 Å². The summed E-state index contributed by atoms with van der Waals surface area (Å²) in [6.45, 7) is 10.1. The number of benzene rings is 3. The predicted molar refractivity (Wildman–Crippen MR) is 200 cm³/mol. The molecule has 2 atom stereocenters. The van der Waals surface area contributed by atoms with Crippen LogP contribution < -0.4 is 19.5 Å². The summed E-state index contributed by atoms with van der Waals surface area (Å²) in [4.78, 5) is 6.66. The molecule has 0 spiro atoms. The normalized spacial score (nSPS) is 15.3. The van der Waals surface area contributed by atoms with Crippen LogP contribution in [0, 0.1) is 25.2 Å². The van der Waals surface area contributed by atoms with Gasteiger partial charge in [0.25, 0.3) is 0 Å². The highest BCUT2D eigenvalue weighted by Crippen LogP contribution is 2.37. The summed E-state index contributed by atoms with van der Waals surface area (Å²) in [5, 5.41) is 31.4. The van der Waals surface area contributed by atoms with Gasteiger partial charge in [-0.2, -0.15) is 5.26 Å². The van der Waals surface area contributed by atoms with E-state index in [1.54, 1.807) is 18.5 Å². The van der Waals surface area contributed by atoms with Crippen molar-refractivity contribution in [3.8, 4) is 34.4 Å². The number of pyridine rings is 1. The van der Waals surface area contributed by atoms with Gasteiger partial charge in [-0.05, 0) is 99.1 Å². The SMILES string of the molecule is Cc1c(COc2cc(OCc3cncc(C#N)c3)c(CN3CCCC[C@H]3C)cc2Cl)cccc1-c1cccc(OCCCNCC(O)CO)c1C. The van der Waals surface area contributed by atoms with Crippen molar-refractivity contribution in [3.63, 3.8) is 0 Å². The molecule has 1 unspecified atom stereocenters. The van der Waals surface area contributed by atoms with E-state index in [4.69, 9.17) is 30.9 Å². The molecule has 10 heteroatoms. The lowest BCUT2D eigenvalue weighted by Crippen LogP contribution is -2.36. The number of likely N-dealkylation sites (tertiary alicyclic amines) is 1. The highest BCUT2D eigenvalue weighted by Gasteiger charge is 2.22. The molecule has 270 valence electrons. The molecule has 51 heavy (non-hydrogen) atoms. The molecule has 3 N–H and O–H groups in total. The van der Waals surface area contributed by atoms with Gasteiger partial charge in [0.15, 0.2) is 0 Å². The van der Waals surface area contributed by atoms with Crippen LogP contribution in [0.4, 0.5) is 0 Å². The van der Waals surface area contributed by atoms with Crippen LogP contribution in [-0.2, 0) is 19.8 Å². The number of ether oxygens (including phenoxy) is 3. The van der Waals surface area contributed by atoms with E-state index in [1.165, 1.54) is 19.3 Å². The van der Waals surface area contributed by atoms with Crippen molar-refractivity contribution in [2.75, 3.05) is 32.8 Å². The van der Waals surface area contributed by atoms with E-state index in [1.807, 2.05) is 30.3 Å². The van der Waals surface area contributed by atoms with Gasteiger partial charge in [0.05, 0.1) is 29.9 Å². The molecule has 9 nitrogen and oxygen atoms in total. The highest BCUT2D eigenvalue weighted by molar-refractivity contribution is 6.32. The number of nitrogens with zero attached hydrogens (tertiary/aromatic N) is 3. The van der Waals surface area contributed by atoms with E-state index in [0.29, 0.717) is 54.4 Å². The summed E-state index contributed by atoms with van der Waals surface area (Å²) in [5.74, 6) is 2.08. The second kappa shape index (κ2) is 18.9. The number of piperidine rings is 1. The van der Waals surface area contributed by atoms with Crippen LogP contribution in [0.15, 0.2) is 67.0 Å². The van der Waals surface area contributed by atoms with Crippen molar-refractivity contribution in [3.05, 3.63) is 105 Å². The third-order valence-corrected chi connectivity index (χ3v) is 9.79. The van der Waals surface area contributed by atoms with Crippen molar-refractivity contribution >= 4 is 11.6 Å². The first-order valence-corrected chi connectivity index (χ1v) is 18.1. The summed E-state index contributed by atoms with van der Waals surface area (Å²) in [5.41, 5.74) is 7.71. The molecular formula is C41H49ClN4O5. The molecular weight excluding hydrogens is 664 g/mol. The Balaban J connectivity index is 1.30. The van der Waals surface area contributed by atoms with Gasteiger partial charge >= 0.3 is 0 Å². The van der Waals surface area contributed by atoms with Crippen molar-refractivity contribution < 1.29 is 24.4 Å². The lowest BCUT2D eigenvalue weighted by atomic mass is 9.93. The Hall–Kier alpha value is -4.17. The van der Waals surface area contributed by atoms with Gasteiger partial charge in [-0.25, -0.2) is 0 Å². The molecule has 0 aliphatic carbocycles. The van der Waals surface area contributed by atoms with Crippen molar-refractivity contribution in [2.24, 2.45) is 0 Å². The van der Waals surface area contributed by atoms with E-state index < -0.39 is 6.10 Å². The molecule has 0 saturated carbocycles. The van der Waals surface area contributed by atoms with Crippen molar-refractivity contribution in [1.29, 1.82) is 5.26 Å². The van der Waals surface area contributed by atoms with Gasteiger partial charge in [-0.3, -0.25) is 9.88 Å². The molecule has 1 aliphatic heterocycles. The number of nitriles is 1. The number of aliphatic hydroxyl groups is 2. The maximum Gasteiger partial charge on any atom is 0.142 e. The molecule has 1 aromatic heterocycles. The number of nitrogens with one attached hydrogen (secondary N) is 1. The lowest BCUT2D eigenvalue weighted by molar-refractivity contribution is 0.0942. The van der Waals surface area contributed by atoms with E-state index in [0.717, 1.165) is 64.2 Å². The van der Waals surface area contributed by atoms with Crippen LogP contribution in [0.1, 0.15) is 66.0 Å². The number of rotatable bonds is 17. The maximum atomic E-state index is 9.49. The molecule has 1 aliphatic rings. The fourth-order valence-electron chi connectivity index (χ4n) is 6.41. The average molecular weight is 713 g/mol. The second-order valence-corrected chi connectivity index (χ2v) is 13.6. The minimum Gasteiger partial charge on any atom is -0.493 e. The molecule has 3 aromatic carbocycles. The fourth-order valence-corrected chi connectivity index (χ4v) is 6.65. The van der Waals surface area contributed by atoms with Gasteiger partial charge < -0.3 is 29.7 Å². The molecule has 0 bridgehead atoms. The van der Waals surface area contributed by atoms with Crippen LogP contribution in [0.5, 0.6) is 17.2 Å². The van der Waals surface area contributed by atoms with Gasteiger partial charge in [-0.1, -0.05) is 48.4 Å². The fraction of sp³-hybridized carbons (Fsp3) is 0.415. The monoisotopic (exact) mass is 712 g/mol. The number of hydrogen-bond donors (Lipinski definition) is 3. The Bertz CT molecular complexity index is 1790. The van der Waals surface area contributed by atoms with E-state index in [-0.39, 0.29) is 13.2 Å². The summed E-state index contributed by atoms with van der Waals surface area (Å²) in [6.07, 6.45) is 6.87. The van der Waals surface area contributed by atoms with E-state index in [9.17, 15) is 10.4 Å². The van der Waals surface area contributed by atoms with Gasteiger partial charge in [0, 0.05) is 48.7 Å². The van der Waals surface area contributed by atoms with Crippen LogP contribution in [0.2, 0.25) is 5.02 Å². The van der Waals surface area contributed by atoms with Crippen LogP contribution in [-0.4, -0.2) is 65.1 Å². The third-order valence-electron chi connectivity index (χ3n) is 9.50. The lowest BCUT2D eigenvalue weighted by Gasteiger charge is -2.33. The van der Waals surface area contributed by atoms with Gasteiger partial charge in [-0.15, -0.1) is 0 Å². The zero-order valence-corrected chi connectivity index (χ0v) is 30.6. The van der Waals surface area contributed by atoms with Crippen molar-refractivity contribution in [1.82, 2.24) is 15.2 Å². The van der Waals surface area contributed by atoms with E-state index in [2.05, 4.69) is 60.2 Å². The summed E-state index contributed by atoms with van der Waals surface area (Å²) >= 11 is 6.89. The minimum atomic E-state index is -0.750. The van der Waals surface area contributed by atoms with Crippen LogP contribution in [0.3, 0.4) is 0 Å². The van der Waals surface area contributed by atoms with Gasteiger partial charge in [0.1, 0.15) is 36.5 Å². The number of hydrogen-bond acceptors (Lipinski definition) is 9. The Morgan fingerprint density at radius 3 is 2.53 bits per heavy atom. The first-order valence-electron chi connectivity index (χ1n) is 17.7. The zero-order valence-electron chi connectivity index (χ0n) is 29.8. The van der Waals surface area contributed by atoms with Gasteiger partial charge in [0.2, 0.25) is 0 Å². The zero-order chi connectivity index (χ0) is 36.2. The van der Waals surface area contributed by atoms with Crippen LogP contribution >= 0.6 is 11.6 Å². The summed E-state index contributed by atoms with van der Waals surface area (Å²) in [7, 11) is 0. The number of aliphatic hydroxyl groups excluding tert-OH is 2. The number of aromatic nitrogens is 1. The predicted octanol–water partition coefficient (Wildman–Crippen LogP) is 7.13. The molecule has 5 rings (SSSR count). The highest BCUT2D eigenvalue weighted by atomic mass is 35.5. The smallest absolute Gasteiger partial charge is 0.142 e. The van der Waals surface area contributed by atoms with Crippen molar-refractivity contribution in [2.45, 2.75) is 78.4 Å². The molecule has 4 aromatic rings. The third kappa shape index (κ3) is 10.4. The molecule has 0 amide bonds. The summed E-state index contributed by atoms with van der Waals surface area (Å²) < 4.78 is 18.9. The Labute approximate surface area is 306 Å². The first kappa shape index (κ1) is 38.1. The minimum absolute atomic E-state index is 0.253. The number of halogens is 1.